The Balaban J connectivity index is 2.32. The number of hydrogen-bond donors (Lipinski definition) is 2. The number of rotatable bonds is 4. The zero-order chi connectivity index (χ0) is 22.1. The summed E-state index contributed by atoms with van der Waals surface area (Å²) in [4.78, 5) is 1.31. The second-order valence-corrected chi connectivity index (χ2v) is 8.12. The Morgan fingerprint density at radius 2 is 1.87 bits per heavy atom. The quantitative estimate of drug-likeness (QED) is 0.743. The fraction of sp³-hybridized carbons (Fsp3) is 0.478. The summed E-state index contributed by atoms with van der Waals surface area (Å²) >= 11 is 0. The SMILES string of the molecule is COc1ccc(OC)c([C@H]2[C@@H]3C[NH+](C(C)C)CC=C3C(C#N)C(=N)C2(C#N)C#N)c1. The van der Waals surface area contributed by atoms with Crippen LogP contribution in [-0.4, -0.2) is 39.1 Å². The maximum Gasteiger partial charge on any atom is 0.190 e. The van der Waals surface area contributed by atoms with Gasteiger partial charge < -0.3 is 19.8 Å². The summed E-state index contributed by atoms with van der Waals surface area (Å²) in [7, 11) is 3.10. The number of hydrogen-bond acceptors (Lipinski definition) is 6. The van der Waals surface area contributed by atoms with Crippen molar-refractivity contribution in [2.24, 2.45) is 17.3 Å². The molecule has 2 aliphatic rings. The van der Waals surface area contributed by atoms with E-state index >= 15 is 0 Å². The molecule has 1 aliphatic heterocycles. The summed E-state index contributed by atoms with van der Waals surface area (Å²) in [6.45, 7) is 5.68. The molecule has 30 heavy (non-hydrogen) atoms. The maximum absolute atomic E-state index is 10.2. The number of benzene rings is 1. The van der Waals surface area contributed by atoms with E-state index in [1.165, 1.54) is 4.90 Å². The van der Waals surface area contributed by atoms with E-state index in [9.17, 15) is 15.8 Å². The van der Waals surface area contributed by atoms with Crippen molar-refractivity contribution in [1.82, 2.24) is 0 Å². The van der Waals surface area contributed by atoms with Gasteiger partial charge >= 0.3 is 0 Å². The van der Waals surface area contributed by atoms with Gasteiger partial charge in [0.1, 0.15) is 17.4 Å². The highest BCUT2D eigenvalue weighted by molar-refractivity contribution is 6.01. The standard InChI is InChI=1S/C23H25N5O2/c1-14(2)28-8-7-16-18(10-24)22(27)23(12-25,13-26)21(19(16)11-28)17-9-15(29-3)5-6-20(17)30-4/h5-7,9,14,18-19,21,27H,8,11H2,1-4H3/p+1/t18?,19-,21+/m1/s1. The first kappa shape index (κ1) is 21.4. The Hall–Kier alpha value is -3.34. The Bertz CT molecular complexity index is 994. The van der Waals surface area contributed by atoms with Crippen molar-refractivity contribution in [3.63, 3.8) is 0 Å². The minimum Gasteiger partial charge on any atom is -0.497 e. The van der Waals surface area contributed by atoms with Gasteiger partial charge in [0.15, 0.2) is 5.41 Å². The van der Waals surface area contributed by atoms with E-state index in [-0.39, 0.29) is 11.6 Å². The lowest BCUT2D eigenvalue weighted by Crippen LogP contribution is -3.16. The molecule has 7 nitrogen and oxygen atoms in total. The fourth-order valence-electron chi connectivity index (χ4n) is 4.82. The first-order chi connectivity index (χ1) is 14.4. The molecule has 2 unspecified atom stereocenters. The van der Waals surface area contributed by atoms with Crippen molar-refractivity contribution in [2.45, 2.75) is 25.8 Å². The molecule has 7 heteroatoms. The third kappa shape index (κ3) is 3.11. The minimum atomic E-state index is -1.76. The van der Waals surface area contributed by atoms with E-state index in [1.807, 2.05) is 6.08 Å². The van der Waals surface area contributed by atoms with Crippen LogP contribution in [0.5, 0.6) is 11.5 Å². The van der Waals surface area contributed by atoms with Crippen LogP contribution in [0.15, 0.2) is 29.8 Å². The van der Waals surface area contributed by atoms with Crippen LogP contribution in [-0.2, 0) is 0 Å². The molecule has 154 valence electrons. The highest BCUT2D eigenvalue weighted by atomic mass is 16.5. The molecule has 1 heterocycles. The molecule has 0 bridgehead atoms. The predicted molar refractivity (Wildman–Crippen MR) is 110 cm³/mol. The second kappa shape index (κ2) is 8.19. The van der Waals surface area contributed by atoms with Crippen LogP contribution in [0.2, 0.25) is 0 Å². The number of methoxy groups -OCH3 is 2. The first-order valence-electron chi connectivity index (χ1n) is 9.95. The number of quaternary nitrogens is 1. The lowest BCUT2D eigenvalue weighted by molar-refractivity contribution is -0.920. The van der Waals surface area contributed by atoms with E-state index < -0.39 is 17.3 Å². The molecule has 0 saturated heterocycles. The van der Waals surface area contributed by atoms with Gasteiger partial charge in [-0.15, -0.1) is 0 Å². The summed E-state index contributed by atoms with van der Waals surface area (Å²) in [6.07, 6.45) is 2.03. The van der Waals surface area contributed by atoms with Crippen molar-refractivity contribution in [1.29, 1.82) is 21.2 Å². The molecule has 0 aromatic heterocycles. The number of ether oxygens (including phenoxy) is 2. The summed E-state index contributed by atoms with van der Waals surface area (Å²) in [5.74, 6) is -0.630. The molecule has 0 spiro atoms. The Morgan fingerprint density at radius 3 is 2.40 bits per heavy atom. The monoisotopic (exact) mass is 404 g/mol. The molecule has 3 rings (SSSR count). The zero-order valence-corrected chi connectivity index (χ0v) is 17.7. The van der Waals surface area contributed by atoms with Gasteiger partial charge in [0, 0.05) is 17.4 Å². The summed E-state index contributed by atoms with van der Waals surface area (Å²) in [5.41, 5.74) is -0.424. The second-order valence-electron chi connectivity index (χ2n) is 8.12. The van der Waals surface area contributed by atoms with E-state index in [0.717, 1.165) is 12.1 Å². The van der Waals surface area contributed by atoms with Crippen molar-refractivity contribution in [2.75, 3.05) is 27.3 Å². The van der Waals surface area contributed by atoms with Crippen molar-refractivity contribution < 1.29 is 14.4 Å². The molecule has 1 aliphatic carbocycles. The number of nitrogens with zero attached hydrogens (tertiary/aromatic N) is 3. The molecule has 1 fully saturated rings. The molecule has 0 amide bonds. The van der Waals surface area contributed by atoms with E-state index in [4.69, 9.17) is 14.9 Å². The lowest BCUT2D eigenvalue weighted by Gasteiger charge is -2.47. The third-order valence-corrected chi connectivity index (χ3v) is 6.50. The van der Waals surface area contributed by atoms with Crippen LogP contribution in [0.3, 0.4) is 0 Å². The highest BCUT2D eigenvalue weighted by Gasteiger charge is 2.59. The normalized spacial score (nSPS) is 27.1. The van der Waals surface area contributed by atoms with Crippen LogP contribution < -0.4 is 14.4 Å². The van der Waals surface area contributed by atoms with Crippen LogP contribution in [0.4, 0.5) is 0 Å². The Morgan fingerprint density at radius 1 is 1.17 bits per heavy atom. The summed E-state index contributed by atoms with van der Waals surface area (Å²) in [6, 6.07) is 12.1. The molecular weight excluding hydrogens is 378 g/mol. The molecule has 1 aromatic rings. The van der Waals surface area contributed by atoms with Crippen molar-refractivity contribution in [3.05, 3.63) is 35.4 Å². The summed E-state index contributed by atoms with van der Waals surface area (Å²) < 4.78 is 11.0. The molecule has 1 aromatic carbocycles. The van der Waals surface area contributed by atoms with Crippen LogP contribution >= 0.6 is 0 Å². The largest absolute Gasteiger partial charge is 0.497 e. The van der Waals surface area contributed by atoms with Gasteiger partial charge in [0.2, 0.25) is 0 Å². The minimum absolute atomic E-state index is 0.152. The van der Waals surface area contributed by atoms with Crippen LogP contribution in [0, 0.1) is 56.7 Å². The van der Waals surface area contributed by atoms with Gasteiger partial charge in [-0.3, -0.25) is 0 Å². The average Bonchev–Trinajstić information content (AvgIpc) is 2.77. The van der Waals surface area contributed by atoms with E-state index in [2.05, 4.69) is 32.1 Å². The number of nitriles is 3. The Kier molecular flexibility index (Phi) is 5.83. The van der Waals surface area contributed by atoms with Gasteiger partial charge in [-0.2, -0.15) is 15.8 Å². The maximum atomic E-state index is 10.2. The average molecular weight is 404 g/mol. The van der Waals surface area contributed by atoms with Gasteiger partial charge in [-0.1, -0.05) is 0 Å². The molecule has 0 radical (unpaired) electrons. The van der Waals surface area contributed by atoms with Crippen LogP contribution in [0.1, 0.15) is 25.3 Å². The van der Waals surface area contributed by atoms with Gasteiger partial charge in [0.25, 0.3) is 0 Å². The van der Waals surface area contributed by atoms with Crippen molar-refractivity contribution >= 4 is 5.71 Å². The van der Waals surface area contributed by atoms with E-state index in [1.54, 1.807) is 32.4 Å². The molecule has 2 N–H and O–H groups in total. The molecule has 4 atom stereocenters. The van der Waals surface area contributed by atoms with Crippen molar-refractivity contribution in [3.8, 4) is 29.7 Å². The van der Waals surface area contributed by atoms with Gasteiger partial charge in [-0.05, 0) is 43.7 Å². The van der Waals surface area contributed by atoms with Crippen LogP contribution in [0.25, 0.3) is 0 Å². The zero-order valence-electron chi connectivity index (χ0n) is 17.7. The Labute approximate surface area is 177 Å². The number of fused-ring (bicyclic) bond motifs is 1. The first-order valence-corrected chi connectivity index (χ1v) is 9.95. The van der Waals surface area contributed by atoms with Gasteiger partial charge in [-0.25, -0.2) is 0 Å². The fourth-order valence-corrected chi connectivity index (χ4v) is 4.82. The topological polar surface area (TPSA) is 118 Å². The molecular formula is C23H26N5O2+. The number of nitrogens with one attached hydrogen (secondary N) is 2. The lowest BCUT2D eigenvalue weighted by atomic mass is 9.54. The highest BCUT2D eigenvalue weighted by Crippen LogP contribution is 2.54. The smallest absolute Gasteiger partial charge is 0.190 e. The third-order valence-electron chi connectivity index (χ3n) is 6.50. The van der Waals surface area contributed by atoms with Gasteiger partial charge in [0.05, 0.1) is 57.3 Å². The summed E-state index contributed by atoms with van der Waals surface area (Å²) in [5, 5.41) is 38.9. The molecule has 1 saturated carbocycles. The predicted octanol–water partition coefficient (Wildman–Crippen LogP) is 1.84. The van der Waals surface area contributed by atoms with E-state index in [0.29, 0.717) is 29.6 Å².